The zero-order chi connectivity index (χ0) is 13.0. The molecular weight excluding hydrogens is 290 g/mol. The third-order valence-corrected chi connectivity index (χ3v) is 3.37. The maximum Gasteiger partial charge on any atom is 0.226 e. The van der Waals surface area contributed by atoms with Crippen molar-refractivity contribution in [2.45, 2.75) is 6.42 Å². The van der Waals surface area contributed by atoms with Gasteiger partial charge in [0.25, 0.3) is 0 Å². The Morgan fingerprint density at radius 1 is 1.17 bits per heavy atom. The fourth-order valence-electron chi connectivity index (χ4n) is 1.91. The van der Waals surface area contributed by atoms with Gasteiger partial charge in [-0.15, -0.1) is 0 Å². The number of carbonyl (C=O) groups excluding carboxylic acids is 1. The van der Waals surface area contributed by atoms with Gasteiger partial charge in [0.05, 0.1) is 6.42 Å². The highest BCUT2D eigenvalue weighted by Gasteiger charge is 2.08. The number of hydrogen-bond donors (Lipinski definition) is 0. The quantitative estimate of drug-likeness (QED) is 0.794. The Balaban J connectivity index is 2.14. The number of amides is 1. The lowest BCUT2D eigenvalue weighted by Gasteiger charge is -2.15. The van der Waals surface area contributed by atoms with Gasteiger partial charge in [0, 0.05) is 18.9 Å². The number of nitrogens with zero attached hydrogens (tertiary/aromatic N) is 1. The van der Waals surface area contributed by atoms with E-state index in [0.29, 0.717) is 6.42 Å². The molecule has 0 spiro atoms. The number of hydrogen-bond acceptors (Lipinski definition) is 1. The van der Waals surface area contributed by atoms with Gasteiger partial charge in [-0.25, -0.2) is 0 Å². The van der Waals surface area contributed by atoms with E-state index < -0.39 is 0 Å². The molecule has 0 aliphatic heterocycles. The molecule has 0 aliphatic carbocycles. The first-order chi connectivity index (χ1) is 8.70. The summed E-state index contributed by atoms with van der Waals surface area (Å²) in [4.78, 5) is 13.7. The predicted molar refractivity (Wildman–Crippen MR) is 79.1 cm³/mol. The lowest BCUT2D eigenvalue weighted by molar-refractivity contribution is -0.128. The van der Waals surface area contributed by atoms with E-state index in [0.717, 1.165) is 17.4 Å². The first-order valence-corrected chi connectivity index (χ1v) is 7.10. The molecule has 3 heteroatoms. The molecule has 0 unspecified atom stereocenters. The Bertz CT molecular complexity index is 553. The SMILES string of the molecule is CN(CCBr)C(=O)Cc1ccc2ccccc2c1. The molecule has 0 atom stereocenters. The molecule has 0 radical (unpaired) electrons. The highest BCUT2D eigenvalue weighted by atomic mass is 79.9. The summed E-state index contributed by atoms with van der Waals surface area (Å²) in [5.74, 6) is 0.157. The lowest BCUT2D eigenvalue weighted by atomic mass is 10.0. The molecule has 0 heterocycles. The summed E-state index contributed by atoms with van der Waals surface area (Å²) in [6, 6.07) is 14.4. The number of halogens is 1. The Kier molecular flexibility index (Phi) is 4.37. The van der Waals surface area contributed by atoms with Gasteiger partial charge in [-0.2, -0.15) is 0 Å². The number of fused-ring (bicyclic) bond motifs is 1. The fourth-order valence-corrected chi connectivity index (χ4v) is 2.44. The number of alkyl halides is 1. The van der Waals surface area contributed by atoms with Crippen molar-refractivity contribution in [1.82, 2.24) is 4.90 Å². The summed E-state index contributed by atoms with van der Waals surface area (Å²) < 4.78 is 0. The first kappa shape index (κ1) is 13.1. The third kappa shape index (κ3) is 3.10. The van der Waals surface area contributed by atoms with Gasteiger partial charge in [0.1, 0.15) is 0 Å². The van der Waals surface area contributed by atoms with Crippen LogP contribution in [-0.4, -0.2) is 29.7 Å². The van der Waals surface area contributed by atoms with E-state index in [2.05, 4.69) is 40.2 Å². The summed E-state index contributed by atoms with van der Waals surface area (Å²) in [5.41, 5.74) is 1.07. The minimum atomic E-state index is 0.157. The standard InChI is InChI=1S/C15H16BrNO/c1-17(9-8-16)15(18)11-12-6-7-13-4-2-3-5-14(13)10-12/h2-7,10H,8-9,11H2,1H3. The predicted octanol–water partition coefficient (Wildman–Crippen LogP) is 3.24. The molecule has 94 valence electrons. The van der Waals surface area contributed by atoms with Crippen molar-refractivity contribution < 1.29 is 4.79 Å². The van der Waals surface area contributed by atoms with E-state index in [-0.39, 0.29) is 5.91 Å². The highest BCUT2D eigenvalue weighted by Crippen LogP contribution is 2.16. The molecule has 1 amide bonds. The number of carbonyl (C=O) groups is 1. The van der Waals surface area contributed by atoms with Crippen molar-refractivity contribution in [2.24, 2.45) is 0 Å². The van der Waals surface area contributed by atoms with Crippen LogP contribution in [0.5, 0.6) is 0 Å². The largest absolute Gasteiger partial charge is 0.345 e. The van der Waals surface area contributed by atoms with E-state index in [9.17, 15) is 4.79 Å². The average Bonchev–Trinajstić information content (AvgIpc) is 2.39. The smallest absolute Gasteiger partial charge is 0.226 e. The monoisotopic (exact) mass is 305 g/mol. The maximum absolute atomic E-state index is 11.9. The van der Waals surface area contributed by atoms with Crippen LogP contribution in [0.15, 0.2) is 42.5 Å². The van der Waals surface area contributed by atoms with E-state index in [1.54, 1.807) is 4.90 Å². The molecule has 0 saturated carbocycles. The Hall–Kier alpha value is -1.35. The van der Waals surface area contributed by atoms with E-state index in [1.165, 1.54) is 10.8 Å². The maximum atomic E-state index is 11.9. The molecule has 0 N–H and O–H groups in total. The van der Waals surface area contributed by atoms with Crippen molar-refractivity contribution >= 4 is 32.6 Å². The summed E-state index contributed by atoms with van der Waals surface area (Å²) in [5, 5.41) is 3.21. The van der Waals surface area contributed by atoms with Gasteiger partial charge >= 0.3 is 0 Å². The molecular formula is C15H16BrNO. The van der Waals surface area contributed by atoms with E-state index >= 15 is 0 Å². The molecule has 2 aromatic rings. The molecule has 0 saturated heterocycles. The van der Waals surface area contributed by atoms with Crippen LogP contribution < -0.4 is 0 Å². The molecule has 2 nitrogen and oxygen atoms in total. The fraction of sp³-hybridized carbons (Fsp3) is 0.267. The van der Waals surface area contributed by atoms with Crippen LogP contribution in [0.3, 0.4) is 0 Å². The zero-order valence-corrected chi connectivity index (χ0v) is 12.0. The Morgan fingerprint density at radius 2 is 1.89 bits per heavy atom. The zero-order valence-electron chi connectivity index (χ0n) is 10.4. The van der Waals surface area contributed by atoms with Gasteiger partial charge < -0.3 is 4.90 Å². The minimum absolute atomic E-state index is 0.157. The van der Waals surface area contributed by atoms with Crippen LogP contribution in [0.1, 0.15) is 5.56 Å². The second kappa shape index (κ2) is 6.01. The van der Waals surface area contributed by atoms with Crippen LogP contribution >= 0.6 is 15.9 Å². The van der Waals surface area contributed by atoms with E-state index in [4.69, 9.17) is 0 Å². The van der Waals surface area contributed by atoms with Crippen LogP contribution in [-0.2, 0) is 11.2 Å². The Morgan fingerprint density at radius 3 is 2.61 bits per heavy atom. The van der Waals surface area contributed by atoms with Crippen molar-refractivity contribution in [3.8, 4) is 0 Å². The summed E-state index contributed by atoms with van der Waals surface area (Å²) in [6.45, 7) is 0.742. The molecule has 0 aliphatic rings. The molecule has 0 fully saturated rings. The normalized spacial score (nSPS) is 10.6. The molecule has 0 bridgehead atoms. The van der Waals surface area contributed by atoms with Gasteiger partial charge in [0.15, 0.2) is 0 Å². The number of likely N-dealkylation sites (N-methyl/N-ethyl adjacent to an activating group) is 1. The van der Waals surface area contributed by atoms with Crippen molar-refractivity contribution in [3.63, 3.8) is 0 Å². The van der Waals surface area contributed by atoms with Crippen molar-refractivity contribution in [3.05, 3.63) is 48.0 Å². The molecule has 2 rings (SSSR count). The average molecular weight is 306 g/mol. The summed E-state index contributed by atoms with van der Waals surface area (Å²) in [7, 11) is 1.84. The Labute approximate surface area is 116 Å². The van der Waals surface area contributed by atoms with Crippen molar-refractivity contribution in [1.29, 1.82) is 0 Å². The van der Waals surface area contributed by atoms with Crippen LogP contribution in [0.25, 0.3) is 10.8 Å². The number of benzene rings is 2. The topological polar surface area (TPSA) is 20.3 Å². The third-order valence-electron chi connectivity index (χ3n) is 3.01. The van der Waals surface area contributed by atoms with Gasteiger partial charge in [-0.1, -0.05) is 58.4 Å². The van der Waals surface area contributed by atoms with Crippen molar-refractivity contribution in [2.75, 3.05) is 18.9 Å². The van der Waals surface area contributed by atoms with Crippen LogP contribution in [0.4, 0.5) is 0 Å². The van der Waals surface area contributed by atoms with Gasteiger partial charge in [0.2, 0.25) is 5.91 Å². The lowest BCUT2D eigenvalue weighted by Crippen LogP contribution is -2.29. The first-order valence-electron chi connectivity index (χ1n) is 5.98. The van der Waals surface area contributed by atoms with Gasteiger partial charge in [-0.3, -0.25) is 4.79 Å². The molecule has 18 heavy (non-hydrogen) atoms. The highest BCUT2D eigenvalue weighted by molar-refractivity contribution is 9.09. The van der Waals surface area contributed by atoms with Crippen LogP contribution in [0.2, 0.25) is 0 Å². The molecule has 2 aromatic carbocycles. The van der Waals surface area contributed by atoms with Crippen LogP contribution in [0, 0.1) is 0 Å². The molecule has 0 aromatic heterocycles. The van der Waals surface area contributed by atoms with E-state index in [1.807, 2.05) is 25.2 Å². The minimum Gasteiger partial charge on any atom is -0.345 e. The number of rotatable bonds is 4. The summed E-state index contributed by atoms with van der Waals surface area (Å²) >= 11 is 3.34. The van der Waals surface area contributed by atoms with Gasteiger partial charge in [-0.05, 0) is 16.3 Å². The second-order valence-corrected chi connectivity index (χ2v) is 5.16. The summed E-state index contributed by atoms with van der Waals surface area (Å²) in [6.07, 6.45) is 0.467. The second-order valence-electron chi connectivity index (χ2n) is 4.36.